The van der Waals surface area contributed by atoms with E-state index in [2.05, 4.69) is 36.3 Å². The van der Waals surface area contributed by atoms with Crippen LogP contribution in [0.2, 0.25) is 0 Å². The summed E-state index contributed by atoms with van der Waals surface area (Å²) in [6, 6.07) is 26.9. The van der Waals surface area contributed by atoms with Crippen LogP contribution in [0.15, 0.2) is 173 Å². The number of nitrogens with zero attached hydrogens (tertiary/aromatic N) is 5. The van der Waals surface area contributed by atoms with Crippen molar-refractivity contribution in [2.24, 2.45) is 25.6 Å². The van der Waals surface area contributed by atoms with E-state index in [1.54, 1.807) is 30.3 Å². The predicted octanol–water partition coefficient (Wildman–Crippen LogP) is -5.06. The third-order valence-electron chi connectivity index (χ3n) is 10.2. The number of azo groups is 2. The zero-order valence-corrected chi connectivity index (χ0v) is 49.6. The molecule has 73 heavy (non-hydrogen) atoms. The first kappa shape index (κ1) is 61.6. The Balaban J connectivity index is 0.00000289. The van der Waals surface area contributed by atoms with Gasteiger partial charge in [0.15, 0.2) is 0 Å². The zero-order chi connectivity index (χ0) is 49.6. The molecule has 7 aromatic carbocycles. The van der Waals surface area contributed by atoms with Crippen LogP contribution in [0.4, 0.5) is 39.8 Å². The number of nitrogens with two attached hydrogens (primary N) is 1. The second kappa shape index (κ2) is 24.4. The topological polar surface area (TPSA) is 375 Å². The van der Waals surface area contributed by atoms with Gasteiger partial charge in [-0.3, -0.25) is 15.0 Å². The van der Waals surface area contributed by atoms with Gasteiger partial charge in [-0.1, -0.05) is 30.3 Å². The van der Waals surface area contributed by atoms with Crippen LogP contribution in [0.3, 0.4) is 0 Å². The van der Waals surface area contributed by atoms with Gasteiger partial charge in [-0.25, -0.2) is 33.7 Å². The maximum Gasteiger partial charge on any atom is 1.00 e. The fourth-order valence-electron chi connectivity index (χ4n) is 6.92. The number of amides is 1. The number of benzene rings is 7. The van der Waals surface area contributed by atoms with Gasteiger partial charge in [-0.15, -0.1) is 15.3 Å². The van der Waals surface area contributed by atoms with Crippen molar-refractivity contribution in [2.45, 2.75) is 14.7 Å². The molecule has 0 heterocycles. The molecule has 1 aliphatic carbocycles. The smallest absolute Gasteiger partial charge is 0.744 e. The van der Waals surface area contributed by atoms with Crippen molar-refractivity contribution < 1.29 is 180 Å². The monoisotopic (exact) mass is 1100 g/mol. The summed E-state index contributed by atoms with van der Waals surface area (Å²) in [6.07, 6.45) is 0.921. The summed E-state index contributed by atoms with van der Waals surface area (Å²) in [6.45, 7) is 0. The molecule has 0 aromatic heterocycles. The Kier molecular flexibility index (Phi) is 20.6. The molecular formula is C43H26N8Na4O14S4. The largest absolute Gasteiger partial charge is 1.00 e. The van der Waals surface area contributed by atoms with E-state index in [9.17, 15) is 61.5 Å². The molecule has 8 rings (SSSR count). The molecule has 0 saturated carbocycles. The van der Waals surface area contributed by atoms with E-state index in [1.165, 1.54) is 60.7 Å². The van der Waals surface area contributed by atoms with Crippen LogP contribution in [-0.4, -0.2) is 69.3 Å². The minimum absolute atomic E-state index is 0. The first-order valence-corrected chi connectivity index (χ1v) is 24.9. The SMILES string of the molecule is Nc1ccc(N=Nc2ccc(N=Nc3ccc(N/N=C4/C(=O)c5ccc(NC(=O)c6ccccc6)cc5C=C4S(=O)(=O)[O-])c4ccc(S(=O)(=O)[O-])cc34)c3ccc(S(=O)(=O)[O-])cc23)cc1S(=O)(=O)[O-].[Na+].[Na+].[Na+].[Na+]. The maximum absolute atomic E-state index is 13.8. The van der Waals surface area contributed by atoms with Gasteiger partial charge in [-0.2, -0.15) is 10.2 Å². The molecule has 30 heteroatoms. The van der Waals surface area contributed by atoms with Crippen molar-refractivity contribution in [3.63, 3.8) is 0 Å². The first-order valence-electron chi connectivity index (χ1n) is 19.3. The molecule has 0 radical (unpaired) electrons. The van der Waals surface area contributed by atoms with Crippen LogP contribution in [0.1, 0.15) is 26.3 Å². The summed E-state index contributed by atoms with van der Waals surface area (Å²) in [5, 5.41) is 23.3. The Bertz CT molecular complexity index is 3980. The molecule has 7 aromatic rings. The van der Waals surface area contributed by atoms with E-state index in [0.29, 0.717) is 5.56 Å². The second-order valence-electron chi connectivity index (χ2n) is 14.6. The molecule has 0 atom stereocenters. The van der Waals surface area contributed by atoms with Crippen LogP contribution in [-0.2, 0) is 40.5 Å². The van der Waals surface area contributed by atoms with Crippen LogP contribution in [0.25, 0.3) is 27.6 Å². The van der Waals surface area contributed by atoms with Crippen LogP contribution in [0, 0.1) is 0 Å². The maximum atomic E-state index is 13.8. The van der Waals surface area contributed by atoms with E-state index in [4.69, 9.17) is 5.73 Å². The molecule has 350 valence electrons. The zero-order valence-electron chi connectivity index (χ0n) is 38.4. The molecule has 1 aliphatic rings. The summed E-state index contributed by atoms with van der Waals surface area (Å²) >= 11 is 0. The van der Waals surface area contributed by atoms with Gasteiger partial charge < -0.3 is 29.3 Å². The van der Waals surface area contributed by atoms with Gasteiger partial charge in [0.2, 0.25) is 5.78 Å². The summed E-state index contributed by atoms with van der Waals surface area (Å²) in [5.74, 6) is -1.49. The van der Waals surface area contributed by atoms with Gasteiger partial charge in [0.25, 0.3) is 5.91 Å². The van der Waals surface area contributed by atoms with E-state index in [1.807, 2.05) is 0 Å². The molecule has 0 bridgehead atoms. The number of Topliss-reactive ketones (excluding diaryl/α,β-unsaturated/α-hetero) is 1. The molecule has 0 unspecified atom stereocenters. The summed E-state index contributed by atoms with van der Waals surface area (Å²) in [4.78, 5) is 23.3. The van der Waals surface area contributed by atoms with E-state index in [0.717, 1.165) is 42.5 Å². The predicted molar refractivity (Wildman–Crippen MR) is 245 cm³/mol. The van der Waals surface area contributed by atoms with Crippen molar-refractivity contribution in [3.8, 4) is 0 Å². The van der Waals surface area contributed by atoms with E-state index in [-0.39, 0.29) is 191 Å². The molecule has 4 N–H and O–H groups in total. The summed E-state index contributed by atoms with van der Waals surface area (Å²) < 4.78 is 145. The number of ketones is 1. The fourth-order valence-corrected chi connectivity index (χ4v) is 9.18. The molecule has 0 aliphatic heterocycles. The summed E-state index contributed by atoms with van der Waals surface area (Å²) in [5.41, 5.74) is 7.12. The number of nitrogens with one attached hydrogen (secondary N) is 2. The quantitative estimate of drug-likeness (QED) is 0.0339. The van der Waals surface area contributed by atoms with Gasteiger partial charge in [0, 0.05) is 44.0 Å². The van der Waals surface area contributed by atoms with Crippen molar-refractivity contribution >= 4 is 125 Å². The van der Waals surface area contributed by atoms with E-state index >= 15 is 0 Å². The number of carbonyl (C=O) groups excluding carboxylic acids is 2. The number of rotatable bonds is 12. The van der Waals surface area contributed by atoms with Gasteiger partial charge in [0.05, 0.1) is 48.0 Å². The molecular weight excluding hydrogens is 1070 g/mol. The van der Waals surface area contributed by atoms with Crippen LogP contribution >= 0.6 is 0 Å². The van der Waals surface area contributed by atoms with Gasteiger partial charge >= 0.3 is 118 Å². The molecule has 0 saturated heterocycles. The molecule has 1 amide bonds. The van der Waals surface area contributed by atoms with Crippen molar-refractivity contribution in [3.05, 3.63) is 149 Å². The van der Waals surface area contributed by atoms with Gasteiger partial charge in [0.1, 0.15) is 46.2 Å². The number of carbonyl (C=O) groups is 2. The number of hydrogen-bond donors (Lipinski definition) is 3. The first-order chi connectivity index (χ1) is 32.5. The summed E-state index contributed by atoms with van der Waals surface area (Å²) in [7, 11) is -20.5. The fraction of sp³-hybridized carbons (Fsp3) is 0. The van der Waals surface area contributed by atoms with Crippen LogP contribution in [0.5, 0.6) is 0 Å². The Hall–Kier alpha value is -3.95. The Morgan fingerprint density at radius 3 is 1.66 bits per heavy atom. The number of nitrogen functional groups attached to an aromatic ring is 1. The van der Waals surface area contributed by atoms with Crippen LogP contribution < -0.4 is 135 Å². The number of fused-ring (bicyclic) bond motifs is 3. The van der Waals surface area contributed by atoms with Crippen molar-refractivity contribution in [2.75, 3.05) is 16.5 Å². The standard InChI is InChI=1S/C43H30N8O14S4.4Na/c44-34-13-7-26(20-39(34)68(60,61)62)46-47-37-16-14-35(30-11-8-27(21-32(30)37)66(54,55)56)48-49-38-17-15-36(31-12-9-28(22-33(31)38)67(57,58)59)50-51-41-40(69(63,64)65)19-24-18-25(6-10-29(24)42(41)52)45-43(53)23-4-2-1-3-5-23;;;;/h1-22,50H,44H2,(H,45,53)(H,54,55,56)(H,57,58,59)(H,60,61,62)(H,63,64,65);;;;/q;4*+1/p-4/b47-46?,49-48?,51-41+;;;;. The van der Waals surface area contributed by atoms with Crippen molar-refractivity contribution in [1.82, 2.24) is 0 Å². The Labute approximate surface area is 504 Å². The van der Waals surface area contributed by atoms with E-state index < -0.39 is 77.5 Å². The third kappa shape index (κ3) is 14.1. The number of hydrogen-bond acceptors (Lipinski definition) is 21. The Morgan fingerprint density at radius 2 is 1.08 bits per heavy atom. The average Bonchev–Trinajstić information content (AvgIpc) is 3.29. The van der Waals surface area contributed by atoms with Crippen molar-refractivity contribution in [1.29, 1.82) is 0 Å². The average molecular weight is 1100 g/mol. The third-order valence-corrected chi connectivity index (χ3v) is 13.6. The number of anilines is 3. The molecule has 22 nitrogen and oxygen atoms in total. The normalized spacial score (nSPS) is 13.3. The minimum Gasteiger partial charge on any atom is -0.744 e. The molecule has 0 fully saturated rings. The number of hydrazone groups is 1. The number of allylic oxidation sites excluding steroid dienone is 1. The Morgan fingerprint density at radius 1 is 0.534 bits per heavy atom. The molecule has 0 spiro atoms. The minimum atomic E-state index is -5.38. The van der Waals surface area contributed by atoms with Gasteiger partial charge in [-0.05, 0) is 109 Å². The second-order valence-corrected chi connectivity index (χ2v) is 20.1.